The first-order chi connectivity index (χ1) is 23.7. The summed E-state index contributed by atoms with van der Waals surface area (Å²) in [4.78, 5) is 70.1. The summed E-state index contributed by atoms with van der Waals surface area (Å²) in [7, 11) is 0. The summed E-state index contributed by atoms with van der Waals surface area (Å²) in [6.07, 6.45) is 3.87. The van der Waals surface area contributed by atoms with Gasteiger partial charge in [-0.15, -0.1) is 0 Å². The van der Waals surface area contributed by atoms with E-state index in [1.54, 1.807) is 36.4 Å². The van der Waals surface area contributed by atoms with Crippen molar-refractivity contribution in [1.82, 2.24) is 0 Å². The Kier molecular flexibility index (Phi) is 7.03. The van der Waals surface area contributed by atoms with Crippen LogP contribution in [-0.4, -0.2) is 33.4 Å². The number of nitrogens with zero attached hydrogens (tertiary/aromatic N) is 2. The minimum Gasteiger partial charge on any atom is -0.508 e. The molecule has 4 aliphatic rings. The number of fused-ring (bicyclic) bond motifs is 4. The number of phenols is 1. The SMILES string of the molecule is O=C1C(c2ccccc2)=CC(=O)[C@@]2(c3ccccc3)[C@@H](c3ccc(O)cc3)C3=CC[C@@H]4C(=O)N(c5ccc([N+](=O)[O-])cc5)C(=O)[C@@H]4[C@@H]3C[C@@H]12. The third-order valence-electron chi connectivity index (χ3n) is 10.9. The van der Waals surface area contributed by atoms with Crippen molar-refractivity contribution in [3.8, 4) is 5.75 Å². The van der Waals surface area contributed by atoms with Crippen LogP contribution in [0.1, 0.15) is 35.4 Å². The highest BCUT2D eigenvalue weighted by molar-refractivity contribution is 6.32. The molecule has 1 saturated carbocycles. The topological polar surface area (TPSA) is 135 Å². The lowest BCUT2D eigenvalue weighted by atomic mass is 9.44. The molecule has 9 nitrogen and oxygen atoms in total. The molecule has 9 heteroatoms. The number of carbonyl (C=O) groups excluding carboxylic acids is 4. The number of non-ortho nitro benzene ring substituents is 1. The minimum absolute atomic E-state index is 0.0479. The van der Waals surface area contributed by atoms with Gasteiger partial charge in [0.1, 0.15) is 5.75 Å². The van der Waals surface area contributed by atoms with Crippen LogP contribution in [-0.2, 0) is 24.6 Å². The van der Waals surface area contributed by atoms with Gasteiger partial charge in [-0.2, -0.15) is 0 Å². The predicted octanol–water partition coefficient (Wildman–Crippen LogP) is 6.33. The number of allylic oxidation sites excluding steroid dienone is 4. The number of rotatable bonds is 5. The monoisotopic (exact) mass is 650 g/mol. The Morgan fingerprint density at radius 3 is 2.08 bits per heavy atom. The first-order valence-electron chi connectivity index (χ1n) is 16.2. The van der Waals surface area contributed by atoms with E-state index in [-0.39, 0.29) is 41.5 Å². The molecule has 0 spiro atoms. The fraction of sp³-hybridized carbons (Fsp3) is 0.200. The lowest BCUT2D eigenvalue weighted by Gasteiger charge is -2.55. The second-order valence-electron chi connectivity index (χ2n) is 13.2. The maximum absolute atomic E-state index is 15.0. The van der Waals surface area contributed by atoms with E-state index in [9.17, 15) is 34.4 Å². The lowest BCUT2D eigenvalue weighted by molar-refractivity contribution is -0.384. The summed E-state index contributed by atoms with van der Waals surface area (Å²) in [5, 5.41) is 21.5. The van der Waals surface area contributed by atoms with Crippen LogP contribution in [0.25, 0.3) is 5.57 Å². The largest absolute Gasteiger partial charge is 0.508 e. The van der Waals surface area contributed by atoms with Gasteiger partial charge in [0.25, 0.3) is 5.69 Å². The maximum Gasteiger partial charge on any atom is 0.269 e. The highest BCUT2D eigenvalue weighted by atomic mass is 16.6. The van der Waals surface area contributed by atoms with Crippen molar-refractivity contribution in [2.24, 2.45) is 23.7 Å². The zero-order valence-corrected chi connectivity index (χ0v) is 26.1. The molecule has 2 amide bonds. The summed E-state index contributed by atoms with van der Waals surface area (Å²) >= 11 is 0. The molecule has 0 aromatic heterocycles. The number of ketones is 2. The number of phenolic OH excluding ortho intramolecular Hbond substituents is 1. The summed E-state index contributed by atoms with van der Waals surface area (Å²) in [5.41, 5.74) is 1.89. The van der Waals surface area contributed by atoms with Gasteiger partial charge in [-0.3, -0.25) is 34.2 Å². The van der Waals surface area contributed by atoms with Crippen LogP contribution in [0.3, 0.4) is 0 Å². The number of Topliss-reactive ketones (excluding diaryl/α,β-unsaturated/α-hetero) is 1. The first-order valence-corrected chi connectivity index (χ1v) is 16.2. The van der Waals surface area contributed by atoms with E-state index < -0.39 is 51.7 Å². The summed E-state index contributed by atoms with van der Waals surface area (Å²) in [6, 6.07) is 30.3. The molecule has 0 unspecified atom stereocenters. The third-order valence-corrected chi connectivity index (χ3v) is 10.9. The Morgan fingerprint density at radius 2 is 1.43 bits per heavy atom. The van der Waals surface area contributed by atoms with Crippen molar-refractivity contribution in [1.29, 1.82) is 0 Å². The van der Waals surface area contributed by atoms with Crippen molar-refractivity contribution < 1.29 is 29.2 Å². The summed E-state index contributed by atoms with van der Waals surface area (Å²) < 4.78 is 0. The zero-order valence-electron chi connectivity index (χ0n) is 26.1. The number of imide groups is 1. The van der Waals surface area contributed by atoms with E-state index >= 15 is 0 Å². The molecule has 242 valence electrons. The van der Waals surface area contributed by atoms with Gasteiger partial charge in [0, 0.05) is 29.5 Å². The van der Waals surface area contributed by atoms with Crippen LogP contribution in [0.2, 0.25) is 0 Å². The number of nitro groups is 1. The van der Waals surface area contributed by atoms with Gasteiger partial charge in [-0.1, -0.05) is 84.4 Å². The molecule has 0 bridgehead atoms. The van der Waals surface area contributed by atoms with Crippen LogP contribution in [0.4, 0.5) is 11.4 Å². The van der Waals surface area contributed by atoms with Crippen molar-refractivity contribution in [2.75, 3.05) is 4.90 Å². The van der Waals surface area contributed by atoms with Crippen molar-refractivity contribution >= 4 is 40.3 Å². The summed E-state index contributed by atoms with van der Waals surface area (Å²) in [5.74, 6) is -4.80. The standard InChI is InChI=1S/C40H30N2O7/c43-28-17-11-24(12-18-28)36-29-19-20-30-35(39(47)41(38(30)46)26-13-15-27(16-14-26)42(48)49)32(29)21-33-37(45)31(23-7-3-1-4-8-23)22-34(44)40(33,36)25-9-5-2-6-10-25/h1-19,22,30,32-33,35-36,43H,20-21H2/t30-,32+,33-,35-,36-,40-/m0/s1. The zero-order chi connectivity index (χ0) is 34.0. The lowest BCUT2D eigenvalue weighted by Crippen LogP contribution is -2.58. The van der Waals surface area contributed by atoms with E-state index in [1.165, 1.54) is 30.3 Å². The quantitative estimate of drug-likeness (QED) is 0.115. The number of anilines is 1. The molecule has 6 atom stereocenters. The van der Waals surface area contributed by atoms with E-state index in [2.05, 4.69) is 0 Å². The molecule has 0 radical (unpaired) electrons. The third kappa shape index (κ3) is 4.45. The van der Waals surface area contributed by atoms with Crippen molar-refractivity contribution in [2.45, 2.75) is 24.2 Å². The van der Waals surface area contributed by atoms with Crippen LogP contribution < -0.4 is 4.90 Å². The van der Waals surface area contributed by atoms with E-state index in [4.69, 9.17) is 0 Å². The van der Waals surface area contributed by atoms with Gasteiger partial charge in [0.05, 0.1) is 27.9 Å². The normalized spacial score (nSPS) is 27.5. The number of carbonyl (C=O) groups is 4. The molecule has 4 aromatic rings. The Morgan fingerprint density at radius 1 is 0.776 bits per heavy atom. The van der Waals surface area contributed by atoms with Crippen LogP contribution in [0.5, 0.6) is 5.75 Å². The Balaban J connectivity index is 1.32. The van der Waals surface area contributed by atoms with Gasteiger partial charge >= 0.3 is 0 Å². The number of aromatic hydroxyl groups is 1. The average Bonchev–Trinajstić information content (AvgIpc) is 3.39. The fourth-order valence-corrected chi connectivity index (χ4v) is 8.89. The molecular weight excluding hydrogens is 620 g/mol. The smallest absolute Gasteiger partial charge is 0.269 e. The van der Waals surface area contributed by atoms with Gasteiger partial charge in [0.2, 0.25) is 11.8 Å². The van der Waals surface area contributed by atoms with Gasteiger partial charge in [0.15, 0.2) is 11.6 Å². The highest BCUT2D eigenvalue weighted by Crippen LogP contribution is 2.63. The molecular formula is C40H30N2O7. The summed E-state index contributed by atoms with van der Waals surface area (Å²) in [6.45, 7) is 0. The molecule has 2 fully saturated rings. The molecule has 1 N–H and O–H groups in total. The minimum atomic E-state index is -1.35. The molecule has 8 rings (SSSR count). The Labute approximate surface area is 281 Å². The van der Waals surface area contributed by atoms with Gasteiger partial charge in [-0.25, -0.2) is 0 Å². The van der Waals surface area contributed by atoms with Crippen molar-refractivity contribution in [3.63, 3.8) is 0 Å². The molecule has 1 aliphatic heterocycles. The Bertz CT molecular complexity index is 2110. The number of hydrogen-bond donors (Lipinski definition) is 1. The van der Waals surface area contributed by atoms with Crippen LogP contribution in [0, 0.1) is 33.8 Å². The second kappa shape index (κ2) is 11.3. The number of amides is 2. The second-order valence-corrected chi connectivity index (χ2v) is 13.2. The van der Waals surface area contributed by atoms with E-state index in [0.29, 0.717) is 22.3 Å². The molecule has 1 heterocycles. The van der Waals surface area contributed by atoms with Gasteiger partial charge in [-0.05, 0) is 65.8 Å². The number of hydrogen-bond acceptors (Lipinski definition) is 7. The fourth-order valence-electron chi connectivity index (χ4n) is 8.89. The maximum atomic E-state index is 15.0. The van der Waals surface area contributed by atoms with E-state index in [1.807, 2.05) is 54.6 Å². The first kappa shape index (κ1) is 30.4. The number of benzene rings is 4. The molecule has 3 aliphatic carbocycles. The average molecular weight is 651 g/mol. The van der Waals surface area contributed by atoms with Crippen molar-refractivity contribution in [3.05, 3.63) is 154 Å². The molecule has 49 heavy (non-hydrogen) atoms. The highest BCUT2D eigenvalue weighted by Gasteiger charge is 2.66. The molecule has 1 saturated heterocycles. The van der Waals surface area contributed by atoms with Crippen LogP contribution >= 0.6 is 0 Å². The van der Waals surface area contributed by atoms with Crippen LogP contribution in [0.15, 0.2) is 127 Å². The number of nitro benzene ring substituents is 1. The Hall–Kier alpha value is -5.96. The predicted molar refractivity (Wildman–Crippen MR) is 180 cm³/mol. The van der Waals surface area contributed by atoms with Gasteiger partial charge < -0.3 is 5.11 Å². The van der Waals surface area contributed by atoms with E-state index in [0.717, 1.165) is 10.5 Å². The molecule has 4 aromatic carbocycles.